The SMILES string of the molecule is CC1(C)OB(c2cnn(C3CCCOC3)c2F)OC1(C)C. The van der Waals surface area contributed by atoms with Crippen LogP contribution in [0, 0.1) is 5.95 Å². The Hall–Kier alpha value is -0.915. The molecule has 0 saturated carbocycles. The van der Waals surface area contributed by atoms with Crippen molar-refractivity contribution in [3.63, 3.8) is 0 Å². The average molecular weight is 296 g/mol. The fraction of sp³-hybridized carbons (Fsp3) is 0.786. The average Bonchev–Trinajstić information content (AvgIpc) is 2.89. The summed E-state index contributed by atoms with van der Waals surface area (Å²) in [5.41, 5.74) is -0.612. The summed E-state index contributed by atoms with van der Waals surface area (Å²) in [5.74, 6) is -0.385. The third-order valence-electron chi connectivity index (χ3n) is 4.75. The van der Waals surface area contributed by atoms with Gasteiger partial charge >= 0.3 is 7.12 Å². The monoisotopic (exact) mass is 296 g/mol. The van der Waals surface area contributed by atoms with Crippen LogP contribution in [-0.2, 0) is 14.0 Å². The minimum absolute atomic E-state index is 0.0464. The molecule has 1 aromatic heterocycles. The van der Waals surface area contributed by atoms with Crippen LogP contribution in [0.25, 0.3) is 0 Å². The van der Waals surface area contributed by atoms with Crippen LogP contribution >= 0.6 is 0 Å². The molecule has 2 saturated heterocycles. The Bertz CT molecular complexity index is 510. The van der Waals surface area contributed by atoms with Gasteiger partial charge in [0.1, 0.15) is 0 Å². The molecule has 2 fully saturated rings. The van der Waals surface area contributed by atoms with Gasteiger partial charge in [-0.15, -0.1) is 0 Å². The molecular weight excluding hydrogens is 274 g/mol. The fourth-order valence-electron chi connectivity index (χ4n) is 2.66. The summed E-state index contributed by atoms with van der Waals surface area (Å²) >= 11 is 0. The molecule has 116 valence electrons. The second-order valence-corrected chi connectivity index (χ2v) is 6.79. The van der Waals surface area contributed by atoms with Crippen molar-refractivity contribution in [3.05, 3.63) is 12.1 Å². The molecule has 21 heavy (non-hydrogen) atoms. The number of rotatable bonds is 2. The van der Waals surface area contributed by atoms with Gasteiger partial charge in [0.2, 0.25) is 5.95 Å². The minimum atomic E-state index is -0.715. The van der Waals surface area contributed by atoms with E-state index in [-0.39, 0.29) is 12.0 Å². The van der Waals surface area contributed by atoms with Crippen LogP contribution in [0.3, 0.4) is 0 Å². The molecule has 0 bridgehead atoms. The van der Waals surface area contributed by atoms with Gasteiger partial charge in [-0.05, 0) is 40.5 Å². The van der Waals surface area contributed by atoms with Crippen molar-refractivity contribution < 1.29 is 18.4 Å². The maximum Gasteiger partial charge on any atom is 0.501 e. The zero-order valence-electron chi connectivity index (χ0n) is 13.1. The second kappa shape index (κ2) is 5.07. The van der Waals surface area contributed by atoms with E-state index in [1.165, 1.54) is 10.9 Å². The van der Waals surface area contributed by atoms with Gasteiger partial charge in [0, 0.05) is 6.61 Å². The van der Waals surface area contributed by atoms with Gasteiger partial charge in [-0.3, -0.25) is 0 Å². The van der Waals surface area contributed by atoms with Gasteiger partial charge in [0.15, 0.2) is 0 Å². The zero-order chi connectivity index (χ0) is 15.3. The summed E-state index contributed by atoms with van der Waals surface area (Å²) in [6.45, 7) is 9.04. The Kier molecular flexibility index (Phi) is 3.62. The van der Waals surface area contributed by atoms with Crippen molar-refractivity contribution in [2.24, 2.45) is 0 Å². The predicted molar refractivity (Wildman–Crippen MR) is 77.0 cm³/mol. The Morgan fingerprint density at radius 2 is 1.95 bits per heavy atom. The zero-order valence-corrected chi connectivity index (χ0v) is 13.1. The molecule has 0 aliphatic carbocycles. The van der Waals surface area contributed by atoms with E-state index in [2.05, 4.69) is 5.10 Å². The molecule has 0 spiro atoms. The van der Waals surface area contributed by atoms with Crippen molar-refractivity contribution >= 4 is 12.6 Å². The van der Waals surface area contributed by atoms with Crippen LogP contribution in [0.15, 0.2) is 6.20 Å². The highest BCUT2D eigenvalue weighted by Gasteiger charge is 2.53. The second-order valence-electron chi connectivity index (χ2n) is 6.79. The molecule has 1 aromatic rings. The minimum Gasteiger partial charge on any atom is -0.399 e. The molecular formula is C14H22BFN2O3. The van der Waals surface area contributed by atoms with Crippen molar-refractivity contribution in [1.29, 1.82) is 0 Å². The number of hydrogen-bond donors (Lipinski definition) is 0. The van der Waals surface area contributed by atoms with E-state index in [0.717, 1.165) is 19.4 Å². The first-order valence-corrected chi connectivity index (χ1v) is 7.48. The third kappa shape index (κ3) is 2.51. The van der Waals surface area contributed by atoms with Crippen molar-refractivity contribution in [2.45, 2.75) is 57.8 Å². The van der Waals surface area contributed by atoms with Crippen LogP contribution < -0.4 is 5.46 Å². The molecule has 0 aromatic carbocycles. The molecule has 0 N–H and O–H groups in total. The Morgan fingerprint density at radius 3 is 2.52 bits per heavy atom. The van der Waals surface area contributed by atoms with Gasteiger partial charge in [-0.2, -0.15) is 9.49 Å². The lowest BCUT2D eigenvalue weighted by molar-refractivity contribution is 0.00578. The van der Waals surface area contributed by atoms with Gasteiger partial charge in [-0.1, -0.05) is 0 Å². The molecule has 1 unspecified atom stereocenters. The van der Waals surface area contributed by atoms with Crippen molar-refractivity contribution in [2.75, 3.05) is 13.2 Å². The number of nitrogens with zero attached hydrogens (tertiary/aromatic N) is 2. The van der Waals surface area contributed by atoms with E-state index in [1.807, 2.05) is 27.7 Å². The molecule has 2 aliphatic rings. The largest absolute Gasteiger partial charge is 0.501 e. The standard InChI is InChI=1S/C14H22BFN2O3/c1-13(2)14(3,4)21-15(20-13)11-8-17-18(12(11)16)10-6-5-7-19-9-10/h8,10H,5-7,9H2,1-4H3. The molecule has 0 amide bonds. The predicted octanol–water partition coefficient (Wildman–Crippen LogP) is 1.67. The highest BCUT2D eigenvalue weighted by molar-refractivity contribution is 6.62. The van der Waals surface area contributed by atoms with E-state index in [9.17, 15) is 4.39 Å². The molecule has 5 nitrogen and oxygen atoms in total. The number of ether oxygens (including phenoxy) is 1. The fourth-order valence-corrected chi connectivity index (χ4v) is 2.66. The summed E-state index contributed by atoms with van der Waals surface area (Å²) in [6.07, 6.45) is 3.31. The summed E-state index contributed by atoms with van der Waals surface area (Å²) in [6, 6.07) is -0.0464. The van der Waals surface area contributed by atoms with Gasteiger partial charge in [0.05, 0.1) is 35.5 Å². The normalized spacial score (nSPS) is 28.0. The summed E-state index contributed by atoms with van der Waals surface area (Å²) in [7, 11) is -0.715. The van der Waals surface area contributed by atoms with Crippen LogP contribution in [0.1, 0.15) is 46.6 Å². The van der Waals surface area contributed by atoms with Crippen LogP contribution in [0.2, 0.25) is 0 Å². The first kappa shape index (κ1) is 15.0. The maximum absolute atomic E-state index is 14.7. The maximum atomic E-state index is 14.7. The summed E-state index contributed by atoms with van der Waals surface area (Å²) in [5, 5.41) is 4.18. The van der Waals surface area contributed by atoms with Crippen molar-refractivity contribution in [1.82, 2.24) is 9.78 Å². The lowest BCUT2D eigenvalue weighted by atomic mass is 9.81. The molecule has 2 aliphatic heterocycles. The Balaban J connectivity index is 1.83. The topological polar surface area (TPSA) is 45.5 Å². The lowest BCUT2D eigenvalue weighted by Crippen LogP contribution is -2.41. The smallest absolute Gasteiger partial charge is 0.399 e. The van der Waals surface area contributed by atoms with Crippen LogP contribution in [0.5, 0.6) is 0 Å². The Labute approximate surface area is 124 Å². The quantitative estimate of drug-likeness (QED) is 0.779. The van der Waals surface area contributed by atoms with Crippen LogP contribution in [0.4, 0.5) is 4.39 Å². The van der Waals surface area contributed by atoms with E-state index < -0.39 is 18.3 Å². The van der Waals surface area contributed by atoms with E-state index in [4.69, 9.17) is 14.0 Å². The first-order valence-electron chi connectivity index (χ1n) is 7.48. The highest BCUT2D eigenvalue weighted by Crippen LogP contribution is 2.36. The molecule has 3 heterocycles. The molecule has 0 radical (unpaired) electrons. The van der Waals surface area contributed by atoms with Gasteiger partial charge < -0.3 is 14.0 Å². The highest BCUT2D eigenvalue weighted by atomic mass is 19.1. The molecule has 7 heteroatoms. The summed E-state index contributed by atoms with van der Waals surface area (Å²) < 4.78 is 33.2. The Morgan fingerprint density at radius 1 is 1.29 bits per heavy atom. The number of hydrogen-bond acceptors (Lipinski definition) is 4. The van der Waals surface area contributed by atoms with Crippen LogP contribution in [-0.4, -0.2) is 41.3 Å². The van der Waals surface area contributed by atoms with Gasteiger partial charge in [-0.25, -0.2) is 4.68 Å². The molecule has 3 rings (SSSR count). The van der Waals surface area contributed by atoms with Crippen molar-refractivity contribution in [3.8, 4) is 0 Å². The third-order valence-corrected chi connectivity index (χ3v) is 4.75. The van der Waals surface area contributed by atoms with E-state index in [1.54, 1.807) is 0 Å². The lowest BCUT2D eigenvalue weighted by Gasteiger charge is -2.32. The number of aromatic nitrogens is 2. The first-order chi connectivity index (χ1) is 9.82. The van der Waals surface area contributed by atoms with Gasteiger partial charge in [0.25, 0.3) is 0 Å². The van der Waals surface area contributed by atoms with E-state index in [0.29, 0.717) is 12.1 Å². The number of halogens is 1. The van der Waals surface area contributed by atoms with E-state index >= 15 is 0 Å². The molecule has 1 atom stereocenters. The summed E-state index contributed by atoms with van der Waals surface area (Å²) in [4.78, 5) is 0.